The van der Waals surface area contributed by atoms with E-state index in [2.05, 4.69) is 15.9 Å². The smallest absolute Gasteiger partial charge is 0.344 e. The quantitative estimate of drug-likeness (QED) is 0.688. The van der Waals surface area contributed by atoms with Gasteiger partial charge in [0, 0.05) is 12.6 Å². The fourth-order valence-electron chi connectivity index (χ4n) is 3.20. The zero-order valence-electron chi connectivity index (χ0n) is 14.7. The Bertz CT molecular complexity index is 807. The van der Waals surface area contributed by atoms with Crippen LogP contribution in [0.15, 0.2) is 40.9 Å². The number of hydrogen-bond donors (Lipinski definition) is 0. The number of hydrogen-bond acceptors (Lipinski definition) is 4. The van der Waals surface area contributed by atoms with Gasteiger partial charge in [-0.3, -0.25) is 4.79 Å². The molecule has 2 aromatic rings. The van der Waals surface area contributed by atoms with Crippen molar-refractivity contribution < 1.29 is 19.1 Å². The molecule has 3 rings (SSSR count). The number of esters is 1. The molecule has 1 aliphatic rings. The molecule has 0 aliphatic carbocycles. The van der Waals surface area contributed by atoms with E-state index in [0.29, 0.717) is 5.75 Å². The van der Waals surface area contributed by atoms with Crippen molar-refractivity contribution in [2.45, 2.75) is 32.2 Å². The number of benzene rings is 2. The average Bonchev–Trinajstić information content (AvgIpc) is 2.66. The zero-order chi connectivity index (χ0) is 18.5. The Labute approximate surface area is 161 Å². The molecule has 1 aliphatic heterocycles. The van der Waals surface area contributed by atoms with E-state index in [-0.39, 0.29) is 25.2 Å². The Morgan fingerprint density at radius 3 is 2.77 bits per heavy atom. The lowest BCUT2D eigenvalue weighted by Gasteiger charge is -2.33. The van der Waals surface area contributed by atoms with Crippen molar-refractivity contribution in [1.82, 2.24) is 4.90 Å². The van der Waals surface area contributed by atoms with Gasteiger partial charge in [0.25, 0.3) is 5.91 Å². The fourth-order valence-corrected chi connectivity index (χ4v) is 3.80. The number of amides is 1. The molecule has 1 heterocycles. The minimum atomic E-state index is -0.553. The highest BCUT2D eigenvalue weighted by Gasteiger charge is 2.24. The number of likely N-dealkylation sites (tertiary alicyclic amines) is 1. The number of nitrogens with zero attached hydrogens (tertiary/aromatic N) is 1. The molecule has 26 heavy (non-hydrogen) atoms. The highest BCUT2D eigenvalue weighted by atomic mass is 79.9. The highest BCUT2D eigenvalue weighted by molar-refractivity contribution is 9.10. The molecule has 0 bridgehead atoms. The minimum absolute atomic E-state index is 0.141. The topological polar surface area (TPSA) is 55.8 Å². The number of piperidine rings is 1. The second-order valence-electron chi connectivity index (χ2n) is 6.48. The lowest BCUT2D eigenvalue weighted by Crippen LogP contribution is -2.44. The molecule has 0 spiro atoms. The van der Waals surface area contributed by atoms with Gasteiger partial charge < -0.3 is 14.4 Å². The number of rotatable bonds is 5. The number of halogens is 1. The predicted molar refractivity (Wildman–Crippen MR) is 103 cm³/mol. The third kappa shape index (κ3) is 4.36. The van der Waals surface area contributed by atoms with Crippen molar-refractivity contribution in [2.24, 2.45) is 0 Å². The first-order valence-corrected chi connectivity index (χ1v) is 9.60. The Hall–Kier alpha value is -2.08. The molecule has 1 atom stereocenters. The normalized spacial score (nSPS) is 17.2. The van der Waals surface area contributed by atoms with Crippen LogP contribution in [0.25, 0.3) is 10.8 Å². The van der Waals surface area contributed by atoms with Gasteiger partial charge in [-0.1, -0.05) is 30.3 Å². The van der Waals surface area contributed by atoms with Crippen molar-refractivity contribution in [1.29, 1.82) is 0 Å². The van der Waals surface area contributed by atoms with Crippen LogP contribution in [0.2, 0.25) is 0 Å². The molecule has 0 aromatic heterocycles. The first kappa shape index (κ1) is 18.7. The second-order valence-corrected chi connectivity index (χ2v) is 7.27. The number of fused-ring (bicyclic) bond motifs is 1. The molecule has 2 aromatic carbocycles. The van der Waals surface area contributed by atoms with Gasteiger partial charge in [-0.25, -0.2) is 4.79 Å². The van der Waals surface area contributed by atoms with Gasteiger partial charge in [-0.15, -0.1) is 0 Å². The molecule has 5 nitrogen and oxygen atoms in total. The third-order valence-electron chi connectivity index (χ3n) is 4.65. The van der Waals surface area contributed by atoms with Gasteiger partial charge in [-0.05, 0) is 59.0 Å². The SMILES string of the molecule is C[C@H]1CCCCN1C(=O)COC(=O)COc1ccc2ccccc2c1Br. The van der Waals surface area contributed by atoms with Crippen molar-refractivity contribution in [3.05, 3.63) is 40.9 Å². The fraction of sp³-hybridized carbons (Fsp3) is 0.400. The van der Waals surface area contributed by atoms with E-state index in [0.717, 1.165) is 41.1 Å². The van der Waals surface area contributed by atoms with E-state index in [1.165, 1.54) is 0 Å². The maximum absolute atomic E-state index is 12.2. The van der Waals surface area contributed by atoms with Crippen LogP contribution in [0, 0.1) is 0 Å². The van der Waals surface area contributed by atoms with Crippen LogP contribution in [0.5, 0.6) is 5.75 Å². The summed E-state index contributed by atoms with van der Waals surface area (Å²) in [6, 6.07) is 11.8. The second kappa shape index (κ2) is 8.54. The molecular formula is C20H22BrNO4. The van der Waals surface area contributed by atoms with Crippen LogP contribution >= 0.6 is 15.9 Å². The van der Waals surface area contributed by atoms with E-state index in [1.54, 1.807) is 11.0 Å². The van der Waals surface area contributed by atoms with E-state index in [4.69, 9.17) is 9.47 Å². The lowest BCUT2D eigenvalue weighted by atomic mass is 10.0. The summed E-state index contributed by atoms with van der Waals surface area (Å²) in [6.45, 7) is 2.29. The predicted octanol–water partition coefficient (Wildman–Crippen LogP) is 3.93. The van der Waals surface area contributed by atoms with E-state index in [9.17, 15) is 9.59 Å². The number of ether oxygens (including phenoxy) is 2. The van der Waals surface area contributed by atoms with Crippen LogP contribution in [0.1, 0.15) is 26.2 Å². The largest absolute Gasteiger partial charge is 0.481 e. The van der Waals surface area contributed by atoms with Crippen LogP contribution in [0.4, 0.5) is 0 Å². The molecule has 1 fully saturated rings. The summed E-state index contributed by atoms with van der Waals surface area (Å²) in [5, 5.41) is 2.09. The van der Waals surface area contributed by atoms with Crippen molar-refractivity contribution in [3.63, 3.8) is 0 Å². The summed E-state index contributed by atoms with van der Waals surface area (Å²) >= 11 is 3.51. The molecule has 0 radical (unpaired) electrons. The van der Waals surface area contributed by atoms with E-state index < -0.39 is 5.97 Å². The van der Waals surface area contributed by atoms with Crippen LogP contribution in [-0.2, 0) is 14.3 Å². The minimum Gasteiger partial charge on any atom is -0.481 e. The summed E-state index contributed by atoms with van der Waals surface area (Å²) in [5.74, 6) is -0.128. The molecular weight excluding hydrogens is 398 g/mol. The van der Waals surface area contributed by atoms with Gasteiger partial charge in [0.2, 0.25) is 0 Å². The van der Waals surface area contributed by atoms with Crippen molar-refractivity contribution in [3.8, 4) is 5.75 Å². The zero-order valence-corrected chi connectivity index (χ0v) is 16.3. The van der Waals surface area contributed by atoms with Crippen molar-refractivity contribution in [2.75, 3.05) is 19.8 Å². The molecule has 1 amide bonds. The van der Waals surface area contributed by atoms with E-state index in [1.807, 2.05) is 37.3 Å². The standard InChI is InChI=1S/C20H22BrNO4/c1-14-6-4-5-11-22(14)18(23)12-26-19(24)13-25-17-10-9-15-7-2-3-8-16(15)20(17)21/h2-3,7-10,14H,4-6,11-13H2,1H3/t14-/m0/s1. The van der Waals surface area contributed by atoms with Crippen LogP contribution in [0.3, 0.4) is 0 Å². The summed E-state index contributed by atoms with van der Waals surface area (Å²) in [6.07, 6.45) is 3.14. The van der Waals surface area contributed by atoms with E-state index >= 15 is 0 Å². The molecule has 1 saturated heterocycles. The average molecular weight is 420 g/mol. The Morgan fingerprint density at radius 1 is 1.15 bits per heavy atom. The first-order chi connectivity index (χ1) is 12.6. The third-order valence-corrected chi connectivity index (χ3v) is 5.47. The van der Waals surface area contributed by atoms with Gasteiger partial charge in [0.05, 0.1) is 4.47 Å². The Kier molecular flexibility index (Phi) is 6.14. The summed E-state index contributed by atoms with van der Waals surface area (Å²) in [7, 11) is 0. The first-order valence-electron chi connectivity index (χ1n) is 8.81. The van der Waals surface area contributed by atoms with Gasteiger partial charge in [-0.2, -0.15) is 0 Å². The highest BCUT2D eigenvalue weighted by Crippen LogP contribution is 2.33. The molecule has 138 valence electrons. The Balaban J connectivity index is 1.51. The van der Waals surface area contributed by atoms with Crippen LogP contribution in [-0.4, -0.2) is 42.6 Å². The van der Waals surface area contributed by atoms with Gasteiger partial charge in [0.1, 0.15) is 5.75 Å². The summed E-state index contributed by atoms with van der Waals surface area (Å²) < 4.78 is 11.4. The Morgan fingerprint density at radius 2 is 1.96 bits per heavy atom. The number of carbonyl (C=O) groups is 2. The monoisotopic (exact) mass is 419 g/mol. The van der Waals surface area contributed by atoms with Gasteiger partial charge >= 0.3 is 5.97 Å². The van der Waals surface area contributed by atoms with Crippen LogP contribution < -0.4 is 4.74 Å². The van der Waals surface area contributed by atoms with Crippen molar-refractivity contribution >= 4 is 38.6 Å². The molecule has 0 N–H and O–H groups in total. The summed E-state index contributed by atoms with van der Waals surface area (Å²) in [4.78, 5) is 25.9. The summed E-state index contributed by atoms with van der Waals surface area (Å²) in [5.41, 5.74) is 0. The maximum Gasteiger partial charge on any atom is 0.344 e. The molecule has 6 heteroatoms. The van der Waals surface area contributed by atoms with Gasteiger partial charge in [0.15, 0.2) is 13.2 Å². The number of carbonyl (C=O) groups excluding carboxylic acids is 2. The molecule has 0 saturated carbocycles. The molecule has 0 unspecified atom stereocenters. The maximum atomic E-state index is 12.2. The lowest BCUT2D eigenvalue weighted by molar-refractivity contribution is -0.154.